The van der Waals surface area contributed by atoms with Crippen LogP contribution in [0, 0.1) is 6.92 Å². The normalized spacial score (nSPS) is 14.8. The first-order valence-electron chi connectivity index (χ1n) is 6.34. The molecule has 0 spiro atoms. The Labute approximate surface area is 111 Å². The second kappa shape index (κ2) is 4.93. The van der Waals surface area contributed by atoms with Crippen LogP contribution in [0.15, 0.2) is 12.3 Å². The van der Waals surface area contributed by atoms with Gasteiger partial charge < -0.3 is 4.74 Å². The van der Waals surface area contributed by atoms with Gasteiger partial charge in [-0.05, 0) is 30.7 Å². The van der Waals surface area contributed by atoms with Gasteiger partial charge in [0.2, 0.25) is 0 Å². The monoisotopic (exact) mass is 256 g/mol. The number of aromatic nitrogens is 4. The topological polar surface area (TPSA) is 52.8 Å². The molecule has 0 saturated carbocycles. The largest absolute Gasteiger partial charge is 0.376 e. The first kappa shape index (κ1) is 12.0. The molecule has 0 N–H and O–H groups in total. The molecule has 0 aromatic carbocycles. The van der Waals surface area contributed by atoms with Crippen LogP contribution in [0.3, 0.4) is 0 Å². The van der Waals surface area contributed by atoms with Crippen molar-refractivity contribution in [1.29, 1.82) is 0 Å². The van der Waals surface area contributed by atoms with E-state index < -0.39 is 0 Å². The van der Waals surface area contributed by atoms with Crippen molar-refractivity contribution in [2.75, 3.05) is 6.61 Å². The van der Waals surface area contributed by atoms with Crippen molar-refractivity contribution in [1.82, 2.24) is 20.0 Å². The number of hydrogen-bond acceptors (Lipinski definition) is 4. The minimum Gasteiger partial charge on any atom is -0.376 e. The van der Waals surface area contributed by atoms with Crippen LogP contribution >= 0.6 is 0 Å². The van der Waals surface area contributed by atoms with Crippen molar-refractivity contribution in [2.24, 2.45) is 7.05 Å². The van der Waals surface area contributed by atoms with Crippen LogP contribution in [-0.4, -0.2) is 26.6 Å². The second-order valence-electron chi connectivity index (χ2n) is 4.67. The van der Waals surface area contributed by atoms with Crippen LogP contribution in [0.5, 0.6) is 0 Å². The Hall–Kier alpha value is -2.01. The third-order valence-electron chi connectivity index (χ3n) is 3.37. The highest BCUT2D eigenvalue weighted by Gasteiger charge is 2.17. The van der Waals surface area contributed by atoms with E-state index in [1.807, 2.05) is 36.9 Å². The van der Waals surface area contributed by atoms with E-state index in [1.54, 1.807) is 6.20 Å². The van der Waals surface area contributed by atoms with Crippen LogP contribution < -0.4 is 0 Å². The van der Waals surface area contributed by atoms with E-state index >= 15 is 0 Å². The fourth-order valence-corrected chi connectivity index (χ4v) is 2.28. The summed E-state index contributed by atoms with van der Waals surface area (Å²) in [6.45, 7) is 3.43. The fraction of sp³-hybridized carbons (Fsp3) is 0.357. The number of ether oxygens (including phenoxy) is 1. The summed E-state index contributed by atoms with van der Waals surface area (Å²) in [6, 6.07) is 1.95. The third kappa shape index (κ3) is 2.29. The minimum atomic E-state index is 0.641. The zero-order valence-corrected chi connectivity index (χ0v) is 11.1. The zero-order valence-electron chi connectivity index (χ0n) is 11.1. The first-order valence-corrected chi connectivity index (χ1v) is 6.34. The fourth-order valence-electron chi connectivity index (χ4n) is 2.28. The molecule has 5 heteroatoms. The van der Waals surface area contributed by atoms with Crippen LogP contribution in [0.1, 0.15) is 28.2 Å². The molecule has 19 heavy (non-hydrogen) atoms. The Bertz CT molecular complexity index is 630. The molecule has 0 amide bonds. The summed E-state index contributed by atoms with van der Waals surface area (Å²) < 4.78 is 7.41. The molecule has 0 fully saturated rings. The van der Waals surface area contributed by atoms with Crippen LogP contribution in [-0.2, 0) is 24.8 Å². The Morgan fingerprint density at radius 3 is 3.11 bits per heavy atom. The molecule has 0 aliphatic carbocycles. The smallest absolute Gasteiger partial charge is 0.0887 e. The van der Waals surface area contributed by atoms with Gasteiger partial charge in [0, 0.05) is 25.2 Å². The maximum Gasteiger partial charge on any atom is 0.0887 e. The van der Waals surface area contributed by atoms with Crippen LogP contribution in [0.25, 0.3) is 12.2 Å². The Balaban J connectivity index is 1.96. The van der Waals surface area contributed by atoms with Gasteiger partial charge >= 0.3 is 0 Å². The zero-order chi connectivity index (χ0) is 13.2. The molecule has 3 heterocycles. The second-order valence-corrected chi connectivity index (χ2v) is 4.67. The highest BCUT2D eigenvalue weighted by atomic mass is 16.5. The van der Waals surface area contributed by atoms with E-state index in [9.17, 15) is 0 Å². The lowest BCUT2D eigenvalue weighted by atomic mass is 10.1. The average Bonchev–Trinajstić information content (AvgIpc) is 2.74. The van der Waals surface area contributed by atoms with Gasteiger partial charge in [-0.2, -0.15) is 15.3 Å². The van der Waals surface area contributed by atoms with E-state index in [1.165, 1.54) is 5.56 Å². The van der Waals surface area contributed by atoms with Crippen molar-refractivity contribution in [3.05, 3.63) is 40.5 Å². The van der Waals surface area contributed by atoms with E-state index in [-0.39, 0.29) is 0 Å². The molecule has 2 aromatic heterocycles. The van der Waals surface area contributed by atoms with Crippen molar-refractivity contribution >= 4 is 12.2 Å². The van der Waals surface area contributed by atoms with E-state index in [4.69, 9.17) is 4.74 Å². The third-order valence-corrected chi connectivity index (χ3v) is 3.37. The summed E-state index contributed by atoms with van der Waals surface area (Å²) in [5.74, 6) is 0. The van der Waals surface area contributed by atoms with Gasteiger partial charge in [-0.1, -0.05) is 0 Å². The summed E-state index contributed by atoms with van der Waals surface area (Å²) in [4.78, 5) is 0. The van der Waals surface area contributed by atoms with Gasteiger partial charge in [-0.15, -0.1) is 0 Å². The van der Waals surface area contributed by atoms with Gasteiger partial charge in [-0.3, -0.25) is 4.68 Å². The molecule has 1 aliphatic rings. The summed E-state index contributed by atoms with van der Waals surface area (Å²) in [7, 11) is 1.96. The van der Waals surface area contributed by atoms with Crippen LogP contribution in [0.4, 0.5) is 0 Å². The quantitative estimate of drug-likeness (QED) is 0.821. The Morgan fingerprint density at radius 2 is 2.26 bits per heavy atom. The molecule has 2 aromatic rings. The SMILES string of the molecule is Cc1ccnnc1/C=C/c1c2c(nn1C)CCOC2. The number of nitrogens with zero attached hydrogens (tertiary/aromatic N) is 4. The summed E-state index contributed by atoms with van der Waals surface area (Å²) in [6.07, 6.45) is 6.61. The summed E-state index contributed by atoms with van der Waals surface area (Å²) >= 11 is 0. The van der Waals surface area contributed by atoms with Gasteiger partial charge in [0.15, 0.2) is 0 Å². The lowest BCUT2D eigenvalue weighted by molar-refractivity contribution is 0.110. The standard InChI is InChI=1S/C14H16N4O/c1-10-5-7-15-16-12(10)3-4-14-11-9-19-8-6-13(11)17-18(14)2/h3-5,7H,6,8-9H2,1-2H3/b4-3+. The van der Waals surface area contributed by atoms with Crippen molar-refractivity contribution in [3.8, 4) is 0 Å². The molecule has 0 bridgehead atoms. The summed E-state index contributed by atoms with van der Waals surface area (Å²) in [5, 5.41) is 12.6. The average molecular weight is 256 g/mol. The number of aryl methyl sites for hydroxylation is 2. The number of fused-ring (bicyclic) bond motifs is 1. The molecule has 98 valence electrons. The van der Waals surface area contributed by atoms with E-state index in [0.29, 0.717) is 6.61 Å². The van der Waals surface area contributed by atoms with Crippen molar-refractivity contribution in [2.45, 2.75) is 20.0 Å². The Morgan fingerprint density at radius 1 is 1.37 bits per heavy atom. The molecule has 0 atom stereocenters. The lowest BCUT2D eigenvalue weighted by Crippen LogP contribution is -2.08. The van der Waals surface area contributed by atoms with E-state index in [2.05, 4.69) is 15.3 Å². The first-order chi connectivity index (χ1) is 9.25. The predicted molar refractivity (Wildman–Crippen MR) is 72.3 cm³/mol. The molecule has 0 saturated heterocycles. The maximum atomic E-state index is 5.51. The van der Waals surface area contributed by atoms with Crippen molar-refractivity contribution in [3.63, 3.8) is 0 Å². The van der Waals surface area contributed by atoms with Gasteiger partial charge in [0.05, 0.1) is 30.3 Å². The Kier molecular flexibility index (Phi) is 3.13. The highest BCUT2D eigenvalue weighted by molar-refractivity contribution is 5.69. The molecular formula is C14H16N4O. The van der Waals surface area contributed by atoms with E-state index in [0.717, 1.165) is 35.7 Å². The molecular weight excluding hydrogens is 240 g/mol. The van der Waals surface area contributed by atoms with Gasteiger partial charge in [0.25, 0.3) is 0 Å². The van der Waals surface area contributed by atoms with Crippen molar-refractivity contribution < 1.29 is 4.74 Å². The maximum absolute atomic E-state index is 5.51. The predicted octanol–water partition coefficient (Wildman–Crippen LogP) is 1.76. The summed E-state index contributed by atoms with van der Waals surface area (Å²) in [5.41, 5.74) is 5.41. The molecule has 3 rings (SSSR count). The van der Waals surface area contributed by atoms with Gasteiger partial charge in [-0.25, -0.2) is 0 Å². The molecule has 0 radical (unpaired) electrons. The lowest BCUT2D eigenvalue weighted by Gasteiger charge is -2.10. The number of hydrogen-bond donors (Lipinski definition) is 0. The highest BCUT2D eigenvalue weighted by Crippen LogP contribution is 2.21. The minimum absolute atomic E-state index is 0.641. The molecule has 0 unspecified atom stereocenters. The van der Waals surface area contributed by atoms with Gasteiger partial charge in [0.1, 0.15) is 0 Å². The van der Waals surface area contributed by atoms with Crippen LogP contribution in [0.2, 0.25) is 0 Å². The number of rotatable bonds is 2. The molecule has 1 aliphatic heterocycles. The molecule has 5 nitrogen and oxygen atoms in total.